The standard InChI is InChI=1S/C22H24N4O2/c1-12-7-8-13(2)17(9-12)21-23-18(16(5)28-21)11-26-19(27)10-14(3)20-15(4)24-25(6)22(20)26/h7-10H,11H2,1-6H3. The monoisotopic (exact) mass is 376 g/mol. The van der Waals surface area contributed by atoms with Crippen LogP contribution in [0.5, 0.6) is 0 Å². The highest BCUT2D eigenvalue weighted by atomic mass is 16.4. The van der Waals surface area contributed by atoms with Gasteiger partial charge < -0.3 is 4.42 Å². The average molecular weight is 376 g/mol. The first kappa shape index (κ1) is 18.2. The minimum atomic E-state index is -0.0660. The van der Waals surface area contributed by atoms with Crippen molar-refractivity contribution in [3.63, 3.8) is 0 Å². The maximum Gasteiger partial charge on any atom is 0.252 e. The Morgan fingerprint density at radius 3 is 2.54 bits per heavy atom. The zero-order chi connectivity index (χ0) is 20.2. The van der Waals surface area contributed by atoms with Crippen LogP contribution in [0.15, 0.2) is 33.5 Å². The molecule has 0 spiro atoms. The molecule has 0 N–H and O–H groups in total. The Morgan fingerprint density at radius 1 is 1.04 bits per heavy atom. The molecule has 3 aromatic heterocycles. The van der Waals surface area contributed by atoms with Gasteiger partial charge >= 0.3 is 0 Å². The second-order valence-electron chi connectivity index (χ2n) is 7.50. The smallest absolute Gasteiger partial charge is 0.252 e. The third kappa shape index (κ3) is 2.85. The highest BCUT2D eigenvalue weighted by molar-refractivity contribution is 5.82. The number of oxazole rings is 1. The first-order chi connectivity index (χ1) is 13.3. The van der Waals surface area contributed by atoms with E-state index in [1.54, 1.807) is 15.3 Å². The highest BCUT2D eigenvalue weighted by Crippen LogP contribution is 2.27. The van der Waals surface area contributed by atoms with Crippen molar-refractivity contribution in [2.24, 2.45) is 7.05 Å². The highest BCUT2D eigenvalue weighted by Gasteiger charge is 2.18. The predicted molar refractivity (Wildman–Crippen MR) is 110 cm³/mol. The van der Waals surface area contributed by atoms with E-state index in [0.717, 1.165) is 50.4 Å². The topological polar surface area (TPSA) is 65.8 Å². The molecule has 28 heavy (non-hydrogen) atoms. The van der Waals surface area contributed by atoms with Gasteiger partial charge in [0.15, 0.2) is 0 Å². The number of nitrogens with zero attached hydrogens (tertiary/aromatic N) is 4. The molecule has 1 aromatic carbocycles. The van der Waals surface area contributed by atoms with E-state index in [0.29, 0.717) is 12.4 Å². The molecule has 0 radical (unpaired) electrons. The molecule has 0 saturated carbocycles. The first-order valence-electron chi connectivity index (χ1n) is 9.34. The van der Waals surface area contributed by atoms with E-state index in [2.05, 4.69) is 23.3 Å². The molecule has 0 aliphatic heterocycles. The van der Waals surface area contributed by atoms with Gasteiger partial charge in [0, 0.05) is 24.1 Å². The third-order valence-corrected chi connectivity index (χ3v) is 5.27. The van der Waals surface area contributed by atoms with Gasteiger partial charge in [0.05, 0.1) is 12.2 Å². The zero-order valence-electron chi connectivity index (χ0n) is 17.1. The lowest BCUT2D eigenvalue weighted by Crippen LogP contribution is -2.23. The van der Waals surface area contributed by atoms with E-state index < -0.39 is 0 Å². The van der Waals surface area contributed by atoms with E-state index in [9.17, 15) is 4.79 Å². The van der Waals surface area contributed by atoms with Crippen LogP contribution in [-0.2, 0) is 13.6 Å². The van der Waals surface area contributed by atoms with Crippen LogP contribution in [0.3, 0.4) is 0 Å². The van der Waals surface area contributed by atoms with E-state index in [1.807, 2.05) is 41.7 Å². The fourth-order valence-electron chi connectivity index (χ4n) is 3.82. The number of fused-ring (bicyclic) bond motifs is 1. The van der Waals surface area contributed by atoms with E-state index in [1.165, 1.54) is 0 Å². The Balaban J connectivity index is 1.84. The molecule has 0 aliphatic carbocycles. The molecule has 0 unspecified atom stereocenters. The largest absolute Gasteiger partial charge is 0.441 e. The number of aromatic nitrogens is 4. The predicted octanol–water partition coefficient (Wildman–Crippen LogP) is 3.98. The molecule has 0 saturated heterocycles. The van der Waals surface area contributed by atoms with Gasteiger partial charge in [-0.15, -0.1) is 0 Å². The summed E-state index contributed by atoms with van der Waals surface area (Å²) in [5.41, 5.74) is 6.58. The summed E-state index contributed by atoms with van der Waals surface area (Å²) in [5.74, 6) is 1.31. The Bertz CT molecular complexity index is 1270. The molecule has 4 aromatic rings. The Kier molecular flexibility index (Phi) is 4.22. The van der Waals surface area contributed by atoms with Crippen molar-refractivity contribution in [2.75, 3.05) is 0 Å². The summed E-state index contributed by atoms with van der Waals surface area (Å²) in [6.45, 7) is 10.2. The van der Waals surface area contributed by atoms with Crippen molar-refractivity contribution in [2.45, 2.75) is 41.2 Å². The molecule has 0 bridgehead atoms. The summed E-state index contributed by atoms with van der Waals surface area (Å²) in [4.78, 5) is 17.5. The van der Waals surface area contributed by atoms with E-state index in [-0.39, 0.29) is 5.56 Å². The Labute approximate surface area is 163 Å². The van der Waals surface area contributed by atoms with Gasteiger partial charge in [-0.2, -0.15) is 5.10 Å². The van der Waals surface area contributed by atoms with Crippen molar-refractivity contribution in [1.29, 1.82) is 0 Å². The zero-order valence-corrected chi connectivity index (χ0v) is 17.1. The summed E-state index contributed by atoms with van der Waals surface area (Å²) in [7, 11) is 1.86. The number of hydrogen-bond donors (Lipinski definition) is 0. The van der Waals surface area contributed by atoms with Crippen molar-refractivity contribution >= 4 is 11.0 Å². The number of hydrogen-bond acceptors (Lipinski definition) is 4. The number of rotatable bonds is 3. The fourth-order valence-corrected chi connectivity index (χ4v) is 3.82. The molecule has 6 heteroatoms. The molecular formula is C22H24N4O2. The van der Waals surface area contributed by atoms with Crippen LogP contribution in [0.2, 0.25) is 0 Å². The van der Waals surface area contributed by atoms with Crippen molar-refractivity contribution in [1.82, 2.24) is 19.3 Å². The van der Waals surface area contributed by atoms with Gasteiger partial charge in [0.25, 0.3) is 5.56 Å². The minimum Gasteiger partial charge on any atom is -0.441 e. The van der Waals surface area contributed by atoms with Crippen molar-refractivity contribution < 1.29 is 4.42 Å². The van der Waals surface area contributed by atoms with Gasteiger partial charge in [-0.25, -0.2) is 4.98 Å². The van der Waals surface area contributed by atoms with E-state index >= 15 is 0 Å². The molecule has 0 fully saturated rings. The minimum absolute atomic E-state index is 0.0660. The lowest BCUT2D eigenvalue weighted by molar-refractivity contribution is 0.537. The molecule has 3 heterocycles. The van der Waals surface area contributed by atoms with Gasteiger partial charge in [0.1, 0.15) is 17.1 Å². The molecule has 0 atom stereocenters. The van der Waals surface area contributed by atoms with Gasteiger partial charge in [-0.3, -0.25) is 14.0 Å². The van der Waals surface area contributed by atoms with Crippen LogP contribution < -0.4 is 5.56 Å². The molecule has 0 amide bonds. The Hall–Kier alpha value is -3.15. The normalized spacial score (nSPS) is 11.5. The first-order valence-corrected chi connectivity index (χ1v) is 9.34. The lowest BCUT2D eigenvalue weighted by atomic mass is 10.1. The third-order valence-electron chi connectivity index (χ3n) is 5.27. The SMILES string of the molecule is Cc1ccc(C)c(-c2nc(Cn3c(=O)cc(C)c4c(C)nn(C)c43)c(C)o2)c1. The van der Waals surface area contributed by atoms with E-state index in [4.69, 9.17) is 9.40 Å². The maximum atomic E-state index is 12.8. The van der Waals surface area contributed by atoms with Crippen LogP contribution in [0.25, 0.3) is 22.5 Å². The number of aryl methyl sites for hydroxylation is 6. The summed E-state index contributed by atoms with van der Waals surface area (Å²) in [6, 6.07) is 7.88. The summed E-state index contributed by atoms with van der Waals surface area (Å²) >= 11 is 0. The summed E-state index contributed by atoms with van der Waals surface area (Å²) < 4.78 is 9.46. The van der Waals surface area contributed by atoms with Crippen LogP contribution in [0.1, 0.15) is 33.8 Å². The fraction of sp³-hybridized carbons (Fsp3) is 0.318. The molecular weight excluding hydrogens is 352 g/mol. The summed E-state index contributed by atoms with van der Waals surface area (Å²) in [6.07, 6.45) is 0. The van der Waals surface area contributed by atoms with Crippen molar-refractivity contribution in [3.8, 4) is 11.5 Å². The molecule has 144 valence electrons. The lowest BCUT2D eigenvalue weighted by Gasteiger charge is -2.09. The van der Waals surface area contributed by atoms with Crippen molar-refractivity contribution in [3.05, 3.63) is 68.5 Å². The Morgan fingerprint density at radius 2 is 1.79 bits per heavy atom. The average Bonchev–Trinajstić information content (AvgIpc) is 3.13. The van der Waals surface area contributed by atoms with Crippen LogP contribution in [0, 0.1) is 34.6 Å². The van der Waals surface area contributed by atoms with Gasteiger partial charge in [-0.1, -0.05) is 17.7 Å². The molecule has 4 rings (SSSR count). The van der Waals surface area contributed by atoms with Gasteiger partial charge in [0.2, 0.25) is 5.89 Å². The second kappa shape index (κ2) is 6.48. The quantitative estimate of drug-likeness (QED) is 0.542. The molecule has 0 aliphatic rings. The van der Waals surface area contributed by atoms with Gasteiger partial charge in [-0.05, 0) is 51.8 Å². The van der Waals surface area contributed by atoms with Crippen LogP contribution >= 0.6 is 0 Å². The summed E-state index contributed by atoms with van der Waals surface area (Å²) in [5, 5.41) is 5.52. The van der Waals surface area contributed by atoms with Crippen LogP contribution in [-0.4, -0.2) is 19.3 Å². The van der Waals surface area contributed by atoms with Crippen LogP contribution in [0.4, 0.5) is 0 Å². The number of pyridine rings is 1. The molecule has 6 nitrogen and oxygen atoms in total. The second-order valence-corrected chi connectivity index (χ2v) is 7.50. The maximum absolute atomic E-state index is 12.8. The number of benzene rings is 1.